The Morgan fingerprint density at radius 1 is 1.24 bits per heavy atom. The fourth-order valence-corrected chi connectivity index (χ4v) is 3.17. The highest BCUT2D eigenvalue weighted by Gasteiger charge is 2.21. The number of nitrogens with two attached hydrogens (primary N) is 1. The van der Waals surface area contributed by atoms with Gasteiger partial charge in [0.15, 0.2) is 0 Å². The lowest BCUT2D eigenvalue weighted by Gasteiger charge is -2.15. The van der Waals surface area contributed by atoms with Gasteiger partial charge in [0.05, 0.1) is 0 Å². The Morgan fingerprint density at radius 3 is 2.90 bits per heavy atom. The van der Waals surface area contributed by atoms with Crippen LogP contribution in [0.2, 0.25) is 0 Å². The Kier molecular flexibility index (Phi) is 3.93. The number of hydrogen-bond acceptors (Lipinski definition) is 2. The summed E-state index contributed by atoms with van der Waals surface area (Å²) in [6.07, 6.45) is 3.14. The highest BCUT2D eigenvalue weighted by Crippen LogP contribution is 2.32. The van der Waals surface area contributed by atoms with Crippen LogP contribution >= 0.6 is 0 Å². The first-order valence-corrected chi connectivity index (χ1v) is 7.50. The molecule has 0 amide bonds. The van der Waals surface area contributed by atoms with E-state index in [1.165, 1.54) is 22.8 Å². The van der Waals surface area contributed by atoms with Gasteiger partial charge >= 0.3 is 0 Å². The van der Waals surface area contributed by atoms with Gasteiger partial charge in [-0.25, -0.2) is 4.39 Å². The molecule has 3 heteroatoms. The molecule has 0 heterocycles. The highest BCUT2D eigenvalue weighted by atomic mass is 19.1. The lowest BCUT2D eigenvalue weighted by atomic mass is 10.0. The summed E-state index contributed by atoms with van der Waals surface area (Å²) in [5.41, 5.74) is 11.6. The molecule has 2 nitrogen and oxygen atoms in total. The largest absolute Gasteiger partial charge is 0.399 e. The third-order valence-corrected chi connectivity index (χ3v) is 4.33. The van der Waals surface area contributed by atoms with Gasteiger partial charge in [0.25, 0.3) is 0 Å². The van der Waals surface area contributed by atoms with Gasteiger partial charge in [-0.15, -0.1) is 0 Å². The van der Waals surface area contributed by atoms with Crippen LogP contribution in [0.1, 0.15) is 34.7 Å². The quantitative estimate of drug-likeness (QED) is 0.843. The molecule has 0 bridgehead atoms. The predicted molar refractivity (Wildman–Crippen MR) is 84.8 cm³/mol. The Balaban J connectivity index is 1.60. The van der Waals surface area contributed by atoms with Crippen LogP contribution in [0.5, 0.6) is 0 Å². The van der Waals surface area contributed by atoms with Crippen LogP contribution in [-0.4, -0.2) is 6.54 Å². The minimum atomic E-state index is -0.161. The average Bonchev–Trinajstić information content (AvgIpc) is 2.83. The smallest absolute Gasteiger partial charge is 0.123 e. The van der Waals surface area contributed by atoms with E-state index >= 15 is 0 Å². The van der Waals surface area contributed by atoms with Gasteiger partial charge in [-0.05, 0) is 79.3 Å². The summed E-state index contributed by atoms with van der Waals surface area (Å²) in [4.78, 5) is 0. The molecule has 0 spiro atoms. The normalized spacial score (nSPS) is 17.0. The van der Waals surface area contributed by atoms with E-state index in [4.69, 9.17) is 5.73 Å². The van der Waals surface area contributed by atoms with Gasteiger partial charge in [-0.3, -0.25) is 0 Å². The maximum Gasteiger partial charge on any atom is 0.123 e. The summed E-state index contributed by atoms with van der Waals surface area (Å²) in [5, 5.41) is 3.61. The molecule has 1 unspecified atom stereocenters. The fraction of sp³-hybridized carbons (Fsp3) is 0.333. The van der Waals surface area contributed by atoms with Crippen molar-refractivity contribution >= 4 is 5.69 Å². The second-order valence-electron chi connectivity index (χ2n) is 5.82. The van der Waals surface area contributed by atoms with Crippen LogP contribution in [-0.2, 0) is 12.8 Å². The molecule has 2 aromatic rings. The molecule has 0 saturated heterocycles. The van der Waals surface area contributed by atoms with Crippen molar-refractivity contribution in [3.05, 3.63) is 64.5 Å². The summed E-state index contributed by atoms with van der Waals surface area (Å²) in [6.45, 7) is 2.87. The number of nitrogens with one attached hydrogen (secondary N) is 1. The van der Waals surface area contributed by atoms with Crippen molar-refractivity contribution in [2.24, 2.45) is 0 Å². The zero-order chi connectivity index (χ0) is 14.8. The molecule has 21 heavy (non-hydrogen) atoms. The summed E-state index contributed by atoms with van der Waals surface area (Å²) < 4.78 is 13.1. The lowest BCUT2D eigenvalue weighted by Crippen LogP contribution is -2.22. The lowest BCUT2D eigenvalue weighted by molar-refractivity contribution is 0.533. The second-order valence-corrected chi connectivity index (χ2v) is 5.82. The SMILES string of the molecule is Cc1cc(F)ccc1CCNC1CCc2cc(N)ccc21. The van der Waals surface area contributed by atoms with Crippen LogP contribution in [0.25, 0.3) is 0 Å². The molecule has 1 aliphatic carbocycles. The Hall–Kier alpha value is -1.87. The van der Waals surface area contributed by atoms with Gasteiger partial charge in [-0.2, -0.15) is 0 Å². The van der Waals surface area contributed by atoms with Crippen LogP contribution in [0.3, 0.4) is 0 Å². The number of halogens is 1. The molecular weight excluding hydrogens is 263 g/mol. The first-order chi connectivity index (χ1) is 10.1. The van der Waals surface area contributed by atoms with Crippen molar-refractivity contribution in [1.82, 2.24) is 5.32 Å². The molecule has 0 aliphatic heterocycles. The van der Waals surface area contributed by atoms with Crippen molar-refractivity contribution in [3.8, 4) is 0 Å². The molecule has 0 fully saturated rings. The topological polar surface area (TPSA) is 38.0 Å². The minimum absolute atomic E-state index is 0.161. The van der Waals surface area contributed by atoms with E-state index in [1.54, 1.807) is 6.07 Å². The van der Waals surface area contributed by atoms with E-state index in [2.05, 4.69) is 17.4 Å². The maximum atomic E-state index is 13.1. The Morgan fingerprint density at radius 2 is 2.10 bits per heavy atom. The van der Waals surface area contributed by atoms with E-state index in [0.29, 0.717) is 6.04 Å². The van der Waals surface area contributed by atoms with E-state index in [1.807, 2.05) is 19.1 Å². The van der Waals surface area contributed by atoms with Gasteiger partial charge < -0.3 is 11.1 Å². The molecule has 3 rings (SSSR count). The first-order valence-electron chi connectivity index (χ1n) is 7.50. The zero-order valence-corrected chi connectivity index (χ0v) is 12.3. The number of fused-ring (bicyclic) bond motifs is 1. The zero-order valence-electron chi connectivity index (χ0n) is 12.3. The van der Waals surface area contributed by atoms with Gasteiger partial charge in [0, 0.05) is 11.7 Å². The molecule has 110 valence electrons. The van der Waals surface area contributed by atoms with Gasteiger partial charge in [-0.1, -0.05) is 12.1 Å². The fourth-order valence-electron chi connectivity index (χ4n) is 3.17. The molecule has 2 aromatic carbocycles. The summed E-state index contributed by atoms with van der Waals surface area (Å²) in [6, 6.07) is 11.6. The van der Waals surface area contributed by atoms with Crippen LogP contribution < -0.4 is 11.1 Å². The number of hydrogen-bond donors (Lipinski definition) is 2. The van der Waals surface area contributed by atoms with Gasteiger partial charge in [0.1, 0.15) is 5.82 Å². The van der Waals surface area contributed by atoms with E-state index in [9.17, 15) is 4.39 Å². The molecule has 3 N–H and O–H groups in total. The van der Waals surface area contributed by atoms with E-state index in [-0.39, 0.29) is 5.82 Å². The van der Waals surface area contributed by atoms with Crippen molar-refractivity contribution in [1.29, 1.82) is 0 Å². The summed E-state index contributed by atoms with van der Waals surface area (Å²) in [5.74, 6) is -0.161. The number of rotatable bonds is 4. The monoisotopic (exact) mass is 284 g/mol. The Labute approximate surface area is 125 Å². The van der Waals surface area contributed by atoms with Crippen molar-refractivity contribution in [2.45, 2.75) is 32.2 Å². The molecular formula is C18H21FN2. The van der Waals surface area contributed by atoms with Crippen LogP contribution in [0, 0.1) is 12.7 Å². The van der Waals surface area contributed by atoms with E-state index < -0.39 is 0 Å². The molecule has 0 radical (unpaired) electrons. The molecule has 1 atom stereocenters. The first kappa shape index (κ1) is 14.1. The van der Waals surface area contributed by atoms with E-state index in [0.717, 1.165) is 37.1 Å². The summed E-state index contributed by atoms with van der Waals surface area (Å²) in [7, 11) is 0. The molecule has 0 aromatic heterocycles. The molecule has 1 aliphatic rings. The van der Waals surface area contributed by atoms with Crippen LogP contribution in [0.15, 0.2) is 36.4 Å². The molecule has 0 saturated carbocycles. The van der Waals surface area contributed by atoms with Crippen molar-refractivity contribution in [3.63, 3.8) is 0 Å². The maximum absolute atomic E-state index is 13.1. The second kappa shape index (κ2) is 5.86. The predicted octanol–water partition coefficient (Wildman–Crippen LogP) is 3.54. The minimum Gasteiger partial charge on any atom is -0.399 e. The van der Waals surface area contributed by atoms with Crippen LogP contribution in [0.4, 0.5) is 10.1 Å². The Bertz CT molecular complexity index is 652. The van der Waals surface area contributed by atoms with Gasteiger partial charge in [0.2, 0.25) is 0 Å². The number of benzene rings is 2. The number of nitrogen functional groups attached to an aromatic ring is 1. The van der Waals surface area contributed by atoms with Crippen molar-refractivity contribution < 1.29 is 4.39 Å². The highest BCUT2D eigenvalue weighted by molar-refractivity contribution is 5.47. The summed E-state index contributed by atoms with van der Waals surface area (Å²) >= 11 is 0. The number of aryl methyl sites for hydroxylation is 2. The third-order valence-electron chi connectivity index (χ3n) is 4.33. The average molecular weight is 284 g/mol. The number of anilines is 1. The third kappa shape index (κ3) is 3.08. The van der Waals surface area contributed by atoms with Crippen molar-refractivity contribution in [2.75, 3.05) is 12.3 Å². The standard InChI is InChI=1S/C18H21FN2/c1-12-10-15(19)4-2-13(12)8-9-21-18-7-3-14-11-16(20)5-6-17(14)18/h2,4-6,10-11,18,21H,3,7-9,20H2,1H3.